The van der Waals surface area contributed by atoms with Crippen LogP contribution in [0.25, 0.3) is 11.3 Å². The molecule has 3 aromatic rings. The van der Waals surface area contributed by atoms with Gasteiger partial charge < -0.3 is 0 Å². The summed E-state index contributed by atoms with van der Waals surface area (Å²) in [5.74, 6) is 0. The first-order valence-electron chi connectivity index (χ1n) is 3.48. The predicted molar refractivity (Wildman–Crippen MR) is 38.3 cm³/mol. The lowest BCUT2D eigenvalue weighted by atomic mass is 10.7. The second-order valence-corrected chi connectivity index (χ2v) is 2.41. The number of aromatic nitrogens is 6. The Morgan fingerprint density at radius 2 is 2.25 bits per heavy atom. The molecular weight excluding hydrogens is 156 g/mol. The molecular formula is C6H5N6+. The van der Waals surface area contributed by atoms with Crippen molar-refractivity contribution in [3.63, 3.8) is 0 Å². The van der Waals surface area contributed by atoms with E-state index in [1.807, 2.05) is 0 Å². The molecule has 1 N–H and O–H groups in total. The molecule has 0 aliphatic carbocycles. The van der Waals surface area contributed by atoms with Crippen LogP contribution < -0.4 is 4.63 Å². The van der Waals surface area contributed by atoms with Crippen LogP contribution in [-0.4, -0.2) is 24.6 Å². The lowest BCUT2D eigenvalue weighted by Crippen LogP contribution is -2.26. The molecule has 0 unspecified atom stereocenters. The zero-order valence-electron chi connectivity index (χ0n) is 6.05. The van der Waals surface area contributed by atoms with Crippen molar-refractivity contribution >= 4 is 11.3 Å². The van der Waals surface area contributed by atoms with E-state index in [2.05, 4.69) is 20.1 Å². The van der Waals surface area contributed by atoms with Gasteiger partial charge in [0.1, 0.15) is 0 Å². The Kier molecular flexibility index (Phi) is 0.840. The van der Waals surface area contributed by atoms with Gasteiger partial charge in [-0.2, -0.15) is 5.10 Å². The first-order valence-corrected chi connectivity index (χ1v) is 3.48. The fraction of sp³-hybridized carbons (Fsp3) is 0. The SMILES string of the molecule is c1cnc2c(n1)[nH][n+]1cncn21. The Morgan fingerprint density at radius 1 is 1.33 bits per heavy atom. The summed E-state index contributed by atoms with van der Waals surface area (Å²) >= 11 is 0. The van der Waals surface area contributed by atoms with E-state index in [4.69, 9.17) is 0 Å². The normalized spacial score (nSPS) is 11.3. The summed E-state index contributed by atoms with van der Waals surface area (Å²) in [5, 5.41) is 3.00. The maximum Gasteiger partial charge on any atom is 0.332 e. The molecule has 0 radical (unpaired) electrons. The lowest BCUT2D eigenvalue weighted by Gasteiger charge is -1.80. The summed E-state index contributed by atoms with van der Waals surface area (Å²) in [6.45, 7) is 0. The third kappa shape index (κ3) is 0.541. The van der Waals surface area contributed by atoms with E-state index in [0.29, 0.717) is 0 Å². The molecule has 0 fully saturated rings. The van der Waals surface area contributed by atoms with Crippen molar-refractivity contribution in [3.05, 3.63) is 25.0 Å². The van der Waals surface area contributed by atoms with Crippen LogP contribution >= 0.6 is 0 Å². The molecule has 0 atom stereocenters. The van der Waals surface area contributed by atoms with Crippen molar-refractivity contribution in [1.82, 2.24) is 24.6 Å². The van der Waals surface area contributed by atoms with Crippen LogP contribution in [0.3, 0.4) is 0 Å². The molecule has 58 valence electrons. The zero-order valence-corrected chi connectivity index (χ0v) is 6.05. The summed E-state index contributed by atoms with van der Waals surface area (Å²) in [6, 6.07) is 0. The maximum absolute atomic E-state index is 4.15. The molecule has 0 aromatic carbocycles. The van der Waals surface area contributed by atoms with E-state index in [-0.39, 0.29) is 0 Å². The molecule has 3 aromatic heterocycles. The molecule has 0 aliphatic heterocycles. The Labute approximate surface area is 66.5 Å². The topological polar surface area (TPSA) is 63.0 Å². The highest BCUT2D eigenvalue weighted by atomic mass is 15.5. The number of nitrogens with zero attached hydrogens (tertiary/aromatic N) is 5. The van der Waals surface area contributed by atoms with Gasteiger partial charge in [-0.1, -0.05) is 0 Å². The summed E-state index contributed by atoms with van der Waals surface area (Å²) in [5.41, 5.74) is 1.52. The van der Waals surface area contributed by atoms with Gasteiger partial charge in [0.25, 0.3) is 6.33 Å². The summed E-state index contributed by atoms with van der Waals surface area (Å²) in [6.07, 6.45) is 6.62. The molecule has 6 nitrogen and oxygen atoms in total. The van der Waals surface area contributed by atoms with Gasteiger partial charge in [0.2, 0.25) is 11.3 Å². The van der Waals surface area contributed by atoms with E-state index in [1.165, 1.54) is 0 Å². The van der Waals surface area contributed by atoms with E-state index in [9.17, 15) is 0 Å². The van der Waals surface area contributed by atoms with Crippen molar-refractivity contribution in [3.8, 4) is 0 Å². The smallest absolute Gasteiger partial charge is 0.231 e. The first kappa shape index (κ1) is 5.64. The van der Waals surface area contributed by atoms with Gasteiger partial charge in [-0.05, 0) is 9.61 Å². The second-order valence-electron chi connectivity index (χ2n) is 2.41. The van der Waals surface area contributed by atoms with Crippen LogP contribution in [0, 0.1) is 0 Å². The van der Waals surface area contributed by atoms with Crippen molar-refractivity contribution in [2.24, 2.45) is 0 Å². The first-order chi connectivity index (χ1) is 5.95. The lowest BCUT2D eigenvalue weighted by molar-refractivity contribution is -0.670. The summed E-state index contributed by atoms with van der Waals surface area (Å²) < 4.78 is 3.49. The van der Waals surface area contributed by atoms with Gasteiger partial charge in [-0.3, -0.25) is 0 Å². The quantitative estimate of drug-likeness (QED) is 0.439. The molecule has 3 rings (SSSR count). The molecule has 0 amide bonds. The Hall–Kier alpha value is -1.98. The van der Waals surface area contributed by atoms with Crippen LogP contribution in [0.1, 0.15) is 0 Å². The van der Waals surface area contributed by atoms with Crippen LogP contribution in [0.4, 0.5) is 0 Å². The predicted octanol–water partition coefficient (Wildman–Crippen LogP) is -0.809. The highest BCUT2D eigenvalue weighted by molar-refractivity contribution is 5.62. The van der Waals surface area contributed by atoms with Gasteiger partial charge in [0.05, 0.1) is 0 Å². The minimum absolute atomic E-state index is 0.750. The van der Waals surface area contributed by atoms with Crippen LogP contribution in [0.15, 0.2) is 25.0 Å². The number of nitrogens with one attached hydrogen (secondary N) is 1. The molecule has 12 heavy (non-hydrogen) atoms. The highest BCUT2D eigenvalue weighted by Crippen LogP contribution is 1.98. The second kappa shape index (κ2) is 1.79. The Bertz CT molecular complexity index is 534. The van der Waals surface area contributed by atoms with Crippen LogP contribution in [0.5, 0.6) is 0 Å². The van der Waals surface area contributed by atoms with Gasteiger partial charge in [0.15, 0.2) is 0 Å². The minimum Gasteiger partial charge on any atom is -0.231 e. The van der Waals surface area contributed by atoms with Crippen molar-refractivity contribution < 1.29 is 4.63 Å². The summed E-state index contributed by atoms with van der Waals surface area (Å²) in [7, 11) is 0. The third-order valence-corrected chi connectivity index (χ3v) is 1.70. The van der Waals surface area contributed by atoms with Gasteiger partial charge in [-0.15, -0.1) is 4.52 Å². The maximum atomic E-state index is 4.15. The van der Waals surface area contributed by atoms with E-state index >= 15 is 0 Å². The third-order valence-electron chi connectivity index (χ3n) is 1.70. The summed E-state index contributed by atoms with van der Waals surface area (Å²) in [4.78, 5) is 12.2. The average Bonchev–Trinajstić information content (AvgIpc) is 2.62. The van der Waals surface area contributed by atoms with Gasteiger partial charge in [0, 0.05) is 12.4 Å². The van der Waals surface area contributed by atoms with Crippen molar-refractivity contribution in [2.45, 2.75) is 0 Å². The van der Waals surface area contributed by atoms with E-state index in [1.54, 1.807) is 34.2 Å². The van der Waals surface area contributed by atoms with Gasteiger partial charge >= 0.3 is 6.33 Å². The van der Waals surface area contributed by atoms with E-state index in [0.717, 1.165) is 11.3 Å². The molecule has 3 heterocycles. The number of hydrogen-bond acceptors (Lipinski definition) is 3. The molecule has 0 bridgehead atoms. The highest BCUT2D eigenvalue weighted by Gasteiger charge is 2.09. The number of aromatic amines is 1. The minimum atomic E-state index is 0.750. The van der Waals surface area contributed by atoms with Crippen LogP contribution in [0.2, 0.25) is 0 Å². The molecule has 0 aliphatic rings. The Morgan fingerprint density at radius 3 is 3.25 bits per heavy atom. The largest absolute Gasteiger partial charge is 0.332 e. The zero-order chi connectivity index (χ0) is 7.97. The number of rotatable bonds is 0. The van der Waals surface area contributed by atoms with Crippen molar-refractivity contribution in [2.75, 3.05) is 0 Å². The van der Waals surface area contributed by atoms with Crippen LogP contribution in [-0.2, 0) is 0 Å². The molecule has 0 spiro atoms. The van der Waals surface area contributed by atoms with E-state index < -0.39 is 0 Å². The monoisotopic (exact) mass is 161 g/mol. The standard InChI is InChI=1S/C6H5N6/c1-2-9-6-5(8-1)10-12-4-7-3-11(6)12/h1-4H,(H,8,10)/q+1. The number of fused-ring (bicyclic) bond motifs is 3. The molecule has 0 saturated heterocycles. The fourth-order valence-corrected chi connectivity index (χ4v) is 1.19. The number of hydrogen-bond donors (Lipinski definition) is 1. The molecule has 6 heteroatoms. The van der Waals surface area contributed by atoms with Crippen molar-refractivity contribution in [1.29, 1.82) is 0 Å². The Balaban J connectivity index is 2.68. The fourth-order valence-electron chi connectivity index (χ4n) is 1.19. The number of H-pyrrole nitrogens is 1. The molecule has 0 saturated carbocycles. The average molecular weight is 161 g/mol. The van der Waals surface area contributed by atoms with Gasteiger partial charge in [-0.25, -0.2) is 9.97 Å².